The number of hydrogen-bond acceptors (Lipinski definition) is 5. The van der Waals surface area contributed by atoms with E-state index in [-0.39, 0.29) is 25.2 Å². The van der Waals surface area contributed by atoms with E-state index in [1.807, 2.05) is 0 Å². The third-order valence-corrected chi connectivity index (χ3v) is 3.00. The van der Waals surface area contributed by atoms with Crippen molar-refractivity contribution >= 4 is 11.8 Å². The zero-order chi connectivity index (χ0) is 15.8. The number of nitrogens with one attached hydrogen (secondary N) is 1. The Bertz CT molecular complexity index is 469. The predicted octanol–water partition coefficient (Wildman–Crippen LogP) is 1.08. The predicted molar refractivity (Wildman–Crippen MR) is 77.7 cm³/mol. The zero-order valence-electron chi connectivity index (χ0n) is 12.2. The lowest BCUT2D eigenvalue weighted by Crippen LogP contribution is -2.40. The van der Waals surface area contributed by atoms with Crippen molar-refractivity contribution < 1.29 is 24.5 Å². The topological polar surface area (TPSA) is 95.9 Å². The van der Waals surface area contributed by atoms with Crippen molar-refractivity contribution in [3.8, 4) is 5.75 Å². The molecule has 21 heavy (non-hydrogen) atoms. The molecule has 0 heterocycles. The summed E-state index contributed by atoms with van der Waals surface area (Å²) >= 11 is 0. The lowest BCUT2D eigenvalue weighted by molar-refractivity contribution is -0.137. The van der Waals surface area contributed by atoms with Crippen molar-refractivity contribution in [2.75, 3.05) is 13.7 Å². The Hall–Kier alpha value is -1.92. The second kappa shape index (κ2) is 8.39. The number of aliphatic hydroxyl groups excluding tert-OH is 1. The molecule has 2 unspecified atom stereocenters. The van der Waals surface area contributed by atoms with Gasteiger partial charge in [-0.1, -0.05) is 0 Å². The molecule has 1 rings (SSSR count). The van der Waals surface area contributed by atoms with Gasteiger partial charge in [0.1, 0.15) is 5.75 Å². The van der Waals surface area contributed by atoms with Crippen molar-refractivity contribution in [1.29, 1.82) is 0 Å². The summed E-state index contributed by atoms with van der Waals surface area (Å²) in [6.07, 6.45) is -0.548. The smallest absolute Gasteiger partial charge is 0.303 e. The maximum atomic E-state index is 12.4. The molecule has 0 spiro atoms. The third-order valence-electron chi connectivity index (χ3n) is 3.00. The van der Waals surface area contributed by atoms with Gasteiger partial charge in [0.25, 0.3) is 0 Å². The highest BCUT2D eigenvalue weighted by atomic mass is 16.5. The lowest BCUT2D eigenvalue weighted by Gasteiger charge is -2.18. The van der Waals surface area contributed by atoms with Crippen LogP contribution in [-0.2, 0) is 4.79 Å². The number of aliphatic carboxylic acids is 1. The number of Topliss-reactive ketones (excluding diaryl/α,β-unsaturated/α-hetero) is 1. The molecule has 0 saturated heterocycles. The van der Waals surface area contributed by atoms with Gasteiger partial charge in [0, 0.05) is 18.5 Å². The molecule has 0 fully saturated rings. The molecule has 3 N–H and O–H groups in total. The largest absolute Gasteiger partial charge is 0.497 e. The van der Waals surface area contributed by atoms with E-state index < -0.39 is 18.1 Å². The van der Waals surface area contributed by atoms with Crippen LogP contribution in [0.25, 0.3) is 0 Å². The van der Waals surface area contributed by atoms with Crippen LogP contribution in [0.4, 0.5) is 0 Å². The molecule has 0 aliphatic rings. The molecule has 0 aliphatic carbocycles. The second-order valence-corrected chi connectivity index (χ2v) is 4.84. The Labute approximate surface area is 123 Å². The summed E-state index contributed by atoms with van der Waals surface area (Å²) in [5.74, 6) is -0.508. The molecule has 116 valence electrons. The van der Waals surface area contributed by atoms with Gasteiger partial charge in [-0.25, -0.2) is 0 Å². The molecule has 0 radical (unpaired) electrons. The monoisotopic (exact) mass is 295 g/mol. The van der Waals surface area contributed by atoms with E-state index in [9.17, 15) is 14.7 Å². The number of benzene rings is 1. The number of carboxylic acids is 1. The van der Waals surface area contributed by atoms with Crippen molar-refractivity contribution in [2.24, 2.45) is 0 Å². The van der Waals surface area contributed by atoms with E-state index in [1.54, 1.807) is 31.2 Å². The number of hydrogen-bond donors (Lipinski definition) is 3. The first-order valence-corrected chi connectivity index (χ1v) is 6.75. The molecular weight excluding hydrogens is 274 g/mol. The van der Waals surface area contributed by atoms with E-state index in [4.69, 9.17) is 9.84 Å². The van der Waals surface area contributed by atoms with Crippen molar-refractivity contribution in [3.63, 3.8) is 0 Å². The van der Waals surface area contributed by atoms with E-state index in [1.165, 1.54) is 7.11 Å². The van der Waals surface area contributed by atoms with Gasteiger partial charge in [0.05, 0.1) is 19.3 Å². The minimum absolute atomic E-state index is 0.112. The molecule has 6 nitrogen and oxygen atoms in total. The number of methoxy groups -OCH3 is 1. The minimum atomic E-state index is -0.957. The first kappa shape index (κ1) is 17.1. The summed E-state index contributed by atoms with van der Waals surface area (Å²) in [5, 5.41) is 21.0. The van der Waals surface area contributed by atoms with Crippen LogP contribution < -0.4 is 10.1 Å². The first-order valence-electron chi connectivity index (χ1n) is 6.75. The maximum absolute atomic E-state index is 12.4. The van der Waals surface area contributed by atoms with Crippen LogP contribution in [0.3, 0.4) is 0 Å². The Balaban J connectivity index is 2.78. The molecule has 0 bridgehead atoms. The van der Waals surface area contributed by atoms with E-state index in [0.717, 1.165) is 0 Å². The molecule has 0 aliphatic heterocycles. The molecule has 0 aromatic heterocycles. The van der Waals surface area contributed by atoms with E-state index >= 15 is 0 Å². The van der Waals surface area contributed by atoms with Gasteiger partial charge >= 0.3 is 5.97 Å². The molecular formula is C15H21NO5. The molecule has 2 atom stereocenters. The summed E-state index contributed by atoms with van der Waals surface area (Å²) in [4.78, 5) is 23.1. The van der Waals surface area contributed by atoms with Crippen LogP contribution in [0.1, 0.15) is 30.1 Å². The van der Waals surface area contributed by atoms with E-state index in [2.05, 4.69) is 5.32 Å². The number of ether oxygens (including phenoxy) is 1. The van der Waals surface area contributed by atoms with Gasteiger partial charge in [0.15, 0.2) is 5.78 Å². The standard InChI is InChI=1S/C15H21NO5/c1-10(17)9-16-13(7-8-14(18)19)15(20)11-3-5-12(21-2)6-4-11/h3-6,10,13,16-17H,7-9H2,1-2H3,(H,18,19). The highest BCUT2D eigenvalue weighted by molar-refractivity contribution is 6.00. The van der Waals surface area contributed by atoms with Crippen molar-refractivity contribution in [1.82, 2.24) is 5.32 Å². The van der Waals surface area contributed by atoms with Crippen molar-refractivity contribution in [3.05, 3.63) is 29.8 Å². The zero-order valence-corrected chi connectivity index (χ0v) is 12.2. The number of carbonyl (C=O) groups is 2. The van der Waals surface area contributed by atoms with Gasteiger partial charge in [-0.2, -0.15) is 0 Å². The van der Waals surface area contributed by atoms with Gasteiger partial charge in [0.2, 0.25) is 0 Å². The summed E-state index contributed by atoms with van der Waals surface area (Å²) in [6, 6.07) is 5.99. The molecule has 6 heteroatoms. The van der Waals surface area contributed by atoms with Gasteiger partial charge in [-0.3, -0.25) is 9.59 Å². The third kappa shape index (κ3) is 5.93. The number of carboxylic acid groups (broad SMARTS) is 1. The van der Waals surface area contributed by atoms with Crippen LogP contribution in [0, 0.1) is 0 Å². The van der Waals surface area contributed by atoms with Crippen LogP contribution in [-0.4, -0.2) is 47.8 Å². The van der Waals surface area contributed by atoms with Crippen molar-refractivity contribution in [2.45, 2.75) is 31.9 Å². The summed E-state index contributed by atoms with van der Waals surface area (Å²) in [6.45, 7) is 1.82. The maximum Gasteiger partial charge on any atom is 0.303 e. The Kier molecular flexibility index (Phi) is 6.84. The van der Waals surface area contributed by atoms with Crippen LogP contribution >= 0.6 is 0 Å². The summed E-state index contributed by atoms with van der Waals surface area (Å²) < 4.78 is 5.03. The van der Waals surface area contributed by atoms with Gasteiger partial charge in [-0.05, 0) is 37.6 Å². The summed E-state index contributed by atoms with van der Waals surface area (Å²) in [5.41, 5.74) is 0.476. The minimum Gasteiger partial charge on any atom is -0.497 e. The number of carbonyl (C=O) groups excluding carboxylic acids is 1. The highest BCUT2D eigenvalue weighted by Gasteiger charge is 2.21. The molecule has 1 aromatic carbocycles. The highest BCUT2D eigenvalue weighted by Crippen LogP contribution is 2.14. The van der Waals surface area contributed by atoms with Crippen LogP contribution in [0.2, 0.25) is 0 Å². The average Bonchev–Trinajstić information content (AvgIpc) is 2.46. The number of ketones is 1. The van der Waals surface area contributed by atoms with Crippen LogP contribution in [0.15, 0.2) is 24.3 Å². The van der Waals surface area contributed by atoms with Gasteiger partial charge in [-0.15, -0.1) is 0 Å². The Morgan fingerprint density at radius 1 is 1.29 bits per heavy atom. The fraction of sp³-hybridized carbons (Fsp3) is 0.467. The summed E-state index contributed by atoms with van der Waals surface area (Å²) in [7, 11) is 1.54. The molecule has 1 aromatic rings. The van der Waals surface area contributed by atoms with Gasteiger partial charge < -0.3 is 20.3 Å². The number of aliphatic hydroxyl groups is 1. The second-order valence-electron chi connectivity index (χ2n) is 4.84. The van der Waals surface area contributed by atoms with E-state index in [0.29, 0.717) is 11.3 Å². The molecule has 0 saturated carbocycles. The SMILES string of the molecule is COc1ccc(C(=O)C(CCC(=O)O)NCC(C)O)cc1. The Morgan fingerprint density at radius 3 is 2.38 bits per heavy atom. The fourth-order valence-corrected chi connectivity index (χ4v) is 1.86. The lowest BCUT2D eigenvalue weighted by atomic mass is 10.00. The quantitative estimate of drug-likeness (QED) is 0.590. The van der Waals surface area contributed by atoms with Crippen LogP contribution in [0.5, 0.6) is 5.75 Å². The molecule has 0 amide bonds. The normalized spacial score (nSPS) is 13.5. The first-order chi connectivity index (χ1) is 9.93. The average molecular weight is 295 g/mol. The Morgan fingerprint density at radius 2 is 1.90 bits per heavy atom. The fourth-order valence-electron chi connectivity index (χ4n) is 1.86. The number of rotatable bonds is 9.